The zero-order chi connectivity index (χ0) is 17.6. The molecule has 0 bridgehead atoms. The van der Waals surface area contributed by atoms with Crippen LogP contribution in [0.5, 0.6) is 0 Å². The van der Waals surface area contributed by atoms with Gasteiger partial charge in [-0.15, -0.1) is 11.3 Å². The first-order valence-corrected chi connectivity index (χ1v) is 8.39. The lowest BCUT2D eigenvalue weighted by Gasteiger charge is -2.13. The van der Waals surface area contributed by atoms with E-state index < -0.39 is 17.9 Å². The Morgan fingerprint density at radius 1 is 1.12 bits per heavy atom. The lowest BCUT2D eigenvalue weighted by Crippen LogP contribution is -2.42. The van der Waals surface area contributed by atoms with E-state index in [1.807, 2.05) is 36.4 Å². The zero-order valence-corrected chi connectivity index (χ0v) is 13.9. The number of thiazole rings is 1. The first-order chi connectivity index (χ1) is 12.1. The highest BCUT2D eigenvalue weighted by molar-refractivity contribution is 7.16. The average molecular weight is 353 g/mol. The molecule has 0 radical (unpaired) electrons. The Hall–Kier alpha value is -3.06. The summed E-state index contributed by atoms with van der Waals surface area (Å²) < 4.78 is 0. The summed E-state index contributed by atoms with van der Waals surface area (Å²) in [6.07, 6.45) is 4.99. The molecule has 0 aliphatic carbocycles. The van der Waals surface area contributed by atoms with E-state index in [0.29, 0.717) is 9.88 Å². The maximum Gasteiger partial charge on any atom is 0.326 e. The second-order valence-electron chi connectivity index (χ2n) is 5.33. The molecule has 1 amide bonds. The van der Waals surface area contributed by atoms with E-state index in [4.69, 9.17) is 0 Å². The van der Waals surface area contributed by atoms with Crippen LogP contribution in [0.1, 0.15) is 15.2 Å². The third kappa shape index (κ3) is 4.27. The number of carbonyl (C=O) groups excluding carboxylic acids is 1. The molecule has 126 valence electrons. The molecule has 0 fully saturated rings. The molecule has 1 atom stereocenters. The van der Waals surface area contributed by atoms with E-state index in [1.165, 1.54) is 17.5 Å². The smallest absolute Gasteiger partial charge is 0.326 e. The predicted octanol–water partition coefficient (Wildman–Crippen LogP) is 2.63. The van der Waals surface area contributed by atoms with Crippen LogP contribution in [-0.4, -0.2) is 33.0 Å². The molecule has 3 aromatic rings. The highest BCUT2D eigenvalue weighted by Crippen LogP contribution is 2.24. The number of carboxylic acid groups (broad SMARTS) is 1. The number of amides is 1. The Balaban J connectivity index is 1.72. The largest absolute Gasteiger partial charge is 0.480 e. The number of pyridine rings is 1. The molecule has 6 nitrogen and oxygen atoms in total. The van der Waals surface area contributed by atoms with Crippen molar-refractivity contribution in [1.82, 2.24) is 15.3 Å². The van der Waals surface area contributed by atoms with E-state index in [-0.39, 0.29) is 6.42 Å². The third-order valence-electron chi connectivity index (χ3n) is 3.52. The summed E-state index contributed by atoms with van der Waals surface area (Å²) in [6.45, 7) is 0. The van der Waals surface area contributed by atoms with Crippen LogP contribution in [0.4, 0.5) is 0 Å². The van der Waals surface area contributed by atoms with Crippen LogP contribution in [-0.2, 0) is 11.2 Å². The summed E-state index contributed by atoms with van der Waals surface area (Å²) >= 11 is 1.20. The maximum absolute atomic E-state index is 12.4. The van der Waals surface area contributed by atoms with Gasteiger partial charge in [0.25, 0.3) is 5.91 Å². The second-order valence-corrected chi connectivity index (χ2v) is 6.36. The standard InChI is InChI=1S/C18H15N3O3S/c22-16(15-11-20-17(25-15)13-7-4-8-19-10-13)21-14(18(23)24)9-12-5-2-1-3-6-12/h1-8,10-11,14H,9H2,(H,21,22)(H,23,24)/t14-/m0/s1. The maximum atomic E-state index is 12.4. The SMILES string of the molecule is O=C(N[C@@H](Cc1ccccc1)C(=O)O)c1cnc(-c2cccnc2)s1. The van der Waals surface area contributed by atoms with Crippen molar-refractivity contribution < 1.29 is 14.7 Å². The summed E-state index contributed by atoms with van der Waals surface area (Å²) in [5, 5.41) is 12.6. The van der Waals surface area contributed by atoms with Crippen molar-refractivity contribution in [2.75, 3.05) is 0 Å². The number of nitrogens with one attached hydrogen (secondary N) is 1. The van der Waals surface area contributed by atoms with Gasteiger partial charge in [-0.05, 0) is 17.7 Å². The second kappa shape index (κ2) is 7.67. The fourth-order valence-electron chi connectivity index (χ4n) is 2.28. The molecular weight excluding hydrogens is 338 g/mol. The number of aromatic nitrogens is 2. The summed E-state index contributed by atoms with van der Waals surface area (Å²) in [5.41, 5.74) is 1.65. The molecule has 3 rings (SSSR count). The Labute approximate surface area is 148 Å². The van der Waals surface area contributed by atoms with Crippen molar-refractivity contribution in [3.8, 4) is 10.6 Å². The van der Waals surface area contributed by atoms with Crippen molar-refractivity contribution >= 4 is 23.2 Å². The minimum absolute atomic E-state index is 0.218. The molecule has 2 N–H and O–H groups in total. The summed E-state index contributed by atoms with van der Waals surface area (Å²) in [7, 11) is 0. The van der Waals surface area contributed by atoms with E-state index in [9.17, 15) is 14.7 Å². The number of nitrogens with zero attached hydrogens (tertiary/aromatic N) is 2. The predicted molar refractivity (Wildman–Crippen MR) is 94.4 cm³/mol. The molecule has 0 saturated heterocycles. The van der Waals surface area contributed by atoms with Crippen LogP contribution in [0.3, 0.4) is 0 Å². The molecule has 0 unspecified atom stereocenters. The topological polar surface area (TPSA) is 92.2 Å². The Morgan fingerprint density at radius 3 is 2.60 bits per heavy atom. The minimum atomic E-state index is -1.07. The van der Waals surface area contributed by atoms with Gasteiger partial charge in [-0.3, -0.25) is 9.78 Å². The van der Waals surface area contributed by atoms with E-state index in [1.54, 1.807) is 18.5 Å². The molecule has 0 aliphatic rings. The Bertz CT molecular complexity index is 866. The number of carboxylic acids is 1. The van der Waals surface area contributed by atoms with Crippen molar-refractivity contribution in [2.45, 2.75) is 12.5 Å². The van der Waals surface area contributed by atoms with E-state index in [0.717, 1.165) is 11.1 Å². The van der Waals surface area contributed by atoms with Crippen molar-refractivity contribution in [3.05, 3.63) is 71.5 Å². The highest BCUT2D eigenvalue weighted by atomic mass is 32.1. The van der Waals surface area contributed by atoms with E-state index in [2.05, 4.69) is 15.3 Å². The van der Waals surface area contributed by atoms with E-state index >= 15 is 0 Å². The third-order valence-corrected chi connectivity index (χ3v) is 4.57. The van der Waals surface area contributed by atoms with Crippen LogP contribution in [0.15, 0.2) is 61.1 Å². The van der Waals surface area contributed by atoms with Crippen LogP contribution in [0.25, 0.3) is 10.6 Å². The number of hydrogen-bond acceptors (Lipinski definition) is 5. The molecule has 2 heterocycles. The monoisotopic (exact) mass is 353 g/mol. The Morgan fingerprint density at radius 2 is 1.92 bits per heavy atom. The van der Waals surface area contributed by atoms with Crippen molar-refractivity contribution in [3.63, 3.8) is 0 Å². The number of rotatable bonds is 6. The first kappa shape index (κ1) is 16.8. The van der Waals surface area contributed by atoms with Crippen LogP contribution in [0, 0.1) is 0 Å². The average Bonchev–Trinajstić information content (AvgIpc) is 3.13. The molecule has 1 aromatic carbocycles. The molecule has 7 heteroatoms. The number of hydrogen-bond donors (Lipinski definition) is 2. The highest BCUT2D eigenvalue weighted by Gasteiger charge is 2.22. The molecule has 0 spiro atoms. The Kier molecular flexibility index (Phi) is 5.15. The van der Waals surface area contributed by atoms with Gasteiger partial charge >= 0.3 is 5.97 Å². The first-order valence-electron chi connectivity index (χ1n) is 7.57. The van der Waals surface area contributed by atoms with Crippen molar-refractivity contribution in [1.29, 1.82) is 0 Å². The zero-order valence-electron chi connectivity index (χ0n) is 13.1. The van der Waals surface area contributed by atoms with Gasteiger partial charge in [0.1, 0.15) is 15.9 Å². The van der Waals surface area contributed by atoms with Gasteiger partial charge in [0.2, 0.25) is 0 Å². The fraction of sp³-hybridized carbons (Fsp3) is 0.111. The van der Waals surface area contributed by atoms with Gasteiger partial charge < -0.3 is 10.4 Å². The molecule has 0 saturated carbocycles. The van der Waals surface area contributed by atoms with Crippen LogP contribution < -0.4 is 5.32 Å². The summed E-state index contributed by atoms with van der Waals surface area (Å²) in [5.74, 6) is -1.52. The lowest BCUT2D eigenvalue weighted by atomic mass is 10.1. The van der Waals surface area contributed by atoms with Crippen LogP contribution >= 0.6 is 11.3 Å². The quantitative estimate of drug-likeness (QED) is 0.711. The summed E-state index contributed by atoms with van der Waals surface area (Å²) in [6, 6.07) is 11.8. The van der Waals surface area contributed by atoms with Gasteiger partial charge in [0.15, 0.2) is 0 Å². The van der Waals surface area contributed by atoms with Crippen LogP contribution in [0.2, 0.25) is 0 Å². The number of benzene rings is 1. The molecular formula is C18H15N3O3S. The summed E-state index contributed by atoms with van der Waals surface area (Å²) in [4.78, 5) is 32.4. The van der Waals surface area contributed by atoms with Gasteiger partial charge in [0.05, 0.1) is 6.20 Å². The van der Waals surface area contributed by atoms with Gasteiger partial charge in [-0.2, -0.15) is 0 Å². The lowest BCUT2D eigenvalue weighted by molar-refractivity contribution is -0.139. The van der Waals surface area contributed by atoms with Gasteiger partial charge in [0, 0.05) is 24.4 Å². The normalized spacial score (nSPS) is 11.7. The molecule has 0 aliphatic heterocycles. The van der Waals surface area contributed by atoms with Crippen molar-refractivity contribution in [2.24, 2.45) is 0 Å². The van der Waals surface area contributed by atoms with Gasteiger partial charge in [-0.25, -0.2) is 9.78 Å². The minimum Gasteiger partial charge on any atom is -0.480 e. The van der Waals surface area contributed by atoms with Gasteiger partial charge in [-0.1, -0.05) is 30.3 Å². The number of carbonyl (C=O) groups is 2. The fourth-order valence-corrected chi connectivity index (χ4v) is 3.09. The molecule has 2 aromatic heterocycles. The molecule has 25 heavy (non-hydrogen) atoms. The number of aliphatic carboxylic acids is 1.